The lowest BCUT2D eigenvalue weighted by Gasteiger charge is -2.11. The molecule has 3 nitrogen and oxygen atoms in total. The minimum atomic E-state index is 0.665. The van der Waals surface area contributed by atoms with Gasteiger partial charge in [0.05, 0.1) is 0 Å². The Morgan fingerprint density at radius 2 is 2.15 bits per heavy atom. The van der Waals surface area contributed by atoms with E-state index in [1.807, 2.05) is 37.3 Å². The van der Waals surface area contributed by atoms with Gasteiger partial charge in [-0.25, -0.2) is 4.98 Å². The Morgan fingerprint density at radius 3 is 2.90 bits per heavy atom. The summed E-state index contributed by atoms with van der Waals surface area (Å²) in [4.78, 5) is 4.33. The van der Waals surface area contributed by atoms with Crippen molar-refractivity contribution in [2.24, 2.45) is 0 Å². The van der Waals surface area contributed by atoms with Crippen molar-refractivity contribution in [1.82, 2.24) is 10.3 Å². The van der Waals surface area contributed by atoms with E-state index in [2.05, 4.69) is 33.2 Å². The fraction of sp³-hybridized carbons (Fsp3) is 0.312. The van der Waals surface area contributed by atoms with Gasteiger partial charge in [-0.3, -0.25) is 0 Å². The first-order valence-electron chi connectivity index (χ1n) is 6.79. The molecule has 2 aromatic rings. The van der Waals surface area contributed by atoms with Crippen molar-refractivity contribution >= 4 is 15.9 Å². The summed E-state index contributed by atoms with van der Waals surface area (Å²) < 4.78 is 6.98. The van der Waals surface area contributed by atoms with Crippen LogP contribution in [0.15, 0.2) is 41.0 Å². The lowest BCUT2D eigenvalue weighted by atomic mass is 10.2. The first kappa shape index (κ1) is 15.0. The van der Waals surface area contributed by atoms with Gasteiger partial charge < -0.3 is 10.1 Å². The minimum absolute atomic E-state index is 0.665. The smallest absolute Gasteiger partial charge is 0.223 e. The summed E-state index contributed by atoms with van der Waals surface area (Å²) in [6.07, 6.45) is 2.87. The van der Waals surface area contributed by atoms with Gasteiger partial charge in [0.25, 0.3) is 0 Å². The predicted molar refractivity (Wildman–Crippen MR) is 85.2 cm³/mol. The highest BCUT2D eigenvalue weighted by Crippen LogP contribution is 2.26. The van der Waals surface area contributed by atoms with E-state index >= 15 is 0 Å². The molecular formula is C16H19BrN2O. The summed E-state index contributed by atoms with van der Waals surface area (Å²) >= 11 is 3.49. The Labute approximate surface area is 128 Å². The normalized spacial score (nSPS) is 10.6. The highest BCUT2D eigenvalue weighted by molar-refractivity contribution is 9.10. The fourth-order valence-corrected chi connectivity index (χ4v) is 2.09. The molecular weight excluding hydrogens is 316 g/mol. The summed E-state index contributed by atoms with van der Waals surface area (Å²) in [6.45, 7) is 5.95. The molecule has 0 aliphatic carbocycles. The second kappa shape index (κ2) is 7.41. The third-order valence-electron chi connectivity index (χ3n) is 2.94. The minimum Gasteiger partial charge on any atom is -0.439 e. The predicted octanol–water partition coefficient (Wildman–Crippen LogP) is 4.44. The van der Waals surface area contributed by atoms with Crippen LogP contribution in [-0.4, -0.2) is 11.5 Å². The number of halogens is 1. The number of nitrogens with zero attached hydrogens (tertiary/aromatic N) is 1. The van der Waals surface area contributed by atoms with Crippen LogP contribution in [0, 0.1) is 6.92 Å². The van der Waals surface area contributed by atoms with Gasteiger partial charge >= 0.3 is 0 Å². The number of nitrogens with one attached hydrogen (secondary N) is 1. The van der Waals surface area contributed by atoms with Crippen LogP contribution in [0.5, 0.6) is 11.6 Å². The zero-order valence-corrected chi connectivity index (χ0v) is 13.4. The van der Waals surface area contributed by atoms with Gasteiger partial charge in [0, 0.05) is 22.8 Å². The van der Waals surface area contributed by atoms with Gasteiger partial charge in [0.1, 0.15) is 5.75 Å². The number of aromatic nitrogens is 1. The topological polar surface area (TPSA) is 34.2 Å². The Hall–Kier alpha value is -1.39. The van der Waals surface area contributed by atoms with Gasteiger partial charge in [-0.2, -0.15) is 0 Å². The highest BCUT2D eigenvalue weighted by Gasteiger charge is 2.06. The molecule has 1 N–H and O–H groups in total. The molecule has 0 radical (unpaired) electrons. The van der Waals surface area contributed by atoms with Crippen LogP contribution in [0.3, 0.4) is 0 Å². The number of ether oxygens (including phenoxy) is 1. The summed E-state index contributed by atoms with van der Waals surface area (Å²) in [5, 5.41) is 3.37. The van der Waals surface area contributed by atoms with Gasteiger partial charge in [-0.15, -0.1) is 0 Å². The fourth-order valence-electron chi connectivity index (χ4n) is 1.84. The van der Waals surface area contributed by atoms with E-state index in [1.54, 1.807) is 6.20 Å². The Bertz CT molecular complexity index is 572. The van der Waals surface area contributed by atoms with Crippen LogP contribution in [0.2, 0.25) is 0 Å². The average molecular weight is 335 g/mol. The van der Waals surface area contributed by atoms with Crippen molar-refractivity contribution in [3.8, 4) is 11.6 Å². The second-order valence-electron chi connectivity index (χ2n) is 4.66. The summed E-state index contributed by atoms with van der Waals surface area (Å²) in [6, 6.07) is 9.90. The van der Waals surface area contributed by atoms with Crippen molar-refractivity contribution in [2.45, 2.75) is 26.8 Å². The van der Waals surface area contributed by atoms with Crippen molar-refractivity contribution in [3.63, 3.8) is 0 Å². The molecule has 0 aliphatic heterocycles. The van der Waals surface area contributed by atoms with E-state index in [0.717, 1.165) is 40.9 Å². The quantitative estimate of drug-likeness (QED) is 0.792. The highest BCUT2D eigenvalue weighted by atomic mass is 79.9. The third kappa shape index (κ3) is 4.05. The number of rotatable bonds is 6. The zero-order valence-electron chi connectivity index (χ0n) is 11.8. The monoisotopic (exact) mass is 334 g/mol. The van der Waals surface area contributed by atoms with Crippen LogP contribution in [0.1, 0.15) is 24.5 Å². The number of hydrogen-bond donors (Lipinski definition) is 1. The van der Waals surface area contributed by atoms with E-state index in [9.17, 15) is 0 Å². The van der Waals surface area contributed by atoms with Gasteiger partial charge in [0.15, 0.2) is 0 Å². The summed E-state index contributed by atoms with van der Waals surface area (Å²) in [7, 11) is 0. The van der Waals surface area contributed by atoms with E-state index in [4.69, 9.17) is 4.74 Å². The first-order chi connectivity index (χ1) is 9.70. The number of benzene rings is 1. The molecule has 1 aromatic carbocycles. The number of pyridine rings is 1. The average Bonchev–Trinajstić information content (AvgIpc) is 2.45. The molecule has 4 heteroatoms. The Balaban J connectivity index is 2.13. The van der Waals surface area contributed by atoms with Crippen molar-refractivity contribution in [3.05, 3.63) is 52.1 Å². The maximum atomic E-state index is 5.90. The molecule has 0 amide bonds. The maximum absolute atomic E-state index is 5.90. The van der Waals surface area contributed by atoms with Crippen molar-refractivity contribution in [2.75, 3.05) is 6.54 Å². The molecule has 2 rings (SSSR count). The van der Waals surface area contributed by atoms with Crippen LogP contribution in [0.25, 0.3) is 0 Å². The van der Waals surface area contributed by atoms with E-state index in [0.29, 0.717) is 5.88 Å². The second-order valence-corrected chi connectivity index (χ2v) is 5.51. The number of aryl methyl sites for hydroxylation is 1. The Kier molecular flexibility index (Phi) is 5.56. The Morgan fingerprint density at radius 1 is 1.30 bits per heavy atom. The molecule has 0 saturated carbocycles. The maximum Gasteiger partial charge on any atom is 0.223 e. The van der Waals surface area contributed by atoms with Gasteiger partial charge in [0.2, 0.25) is 5.88 Å². The van der Waals surface area contributed by atoms with Crippen LogP contribution >= 0.6 is 15.9 Å². The van der Waals surface area contributed by atoms with E-state index in [1.165, 1.54) is 0 Å². The van der Waals surface area contributed by atoms with Gasteiger partial charge in [-0.1, -0.05) is 28.9 Å². The van der Waals surface area contributed by atoms with Crippen molar-refractivity contribution < 1.29 is 4.74 Å². The largest absolute Gasteiger partial charge is 0.439 e. The standard InChI is InChI=1S/C16H19BrN2O/c1-3-8-18-11-13-5-4-9-19-16(13)20-14-6-7-15(17)12(2)10-14/h4-7,9-10,18H,3,8,11H2,1-2H3. The van der Waals surface area contributed by atoms with E-state index < -0.39 is 0 Å². The molecule has 0 saturated heterocycles. The number of hydrogen-bond acceptors (Lipinski definition) is 3. The van der Waals surface area contributed by atoms with Gasteiger partial charge in [-0.05, 0) is 49.7 Å². The van der Waals surface area contributed by atoms with Crippen LogP contribution in [0.4, 0.5) is 0 Å². The third-order valence-corrected chi connectivity index (χ3v) is 3.83. The lowest BCUT2D eigenvalue weighted by molar-refractivity contribution is 0.452. The lowest BCUT2D eigenvalue weighted by Crippen LogP contribution is -2.14. The van der Waals surface area contributed by atoms with Crippen LogP contribution in [-0.2, 0) is 6.54 Å². The summed E-state index contributed by atoms with van der Waals surface area (Å²) in [5.74, 6) is 1.47. The molecule has 0 bridgehead atoms. The molecule has 20 heavy (non-hydrogen) atoms. The van der Waals surface area contributed by atoms with Crippen LogP contribution < -0.4 is 10.1 Å². The SMILES string of the molecule is CCCNCc1cccnc1Oc1ccc(Br)c(C)c1. The summed E-state index contributed by atoms with van der Waals surface area (Å²) in [5.41, 5.74) is 2.21. The molecule has 0 unspecified atom stereocenters. The molecule has 1 aromatic heterocycles. The molecule has 0 fully saturated rings. The molecule has 1 heterocycles. The zero-order chi connectivity index (χ0) is 14.4. The molecule has 0 spiro atoms. The van der Waals surface area contributed by atoms with E-state index in [-0.39, 0.29) is 0 Å². The molecule has 0 aliphatic rings. The molecule has 106 valence electrons. The first-order valence-corrected chi connectivity index (χ1v) is 7.58. The molecule has 0 atom stereocenters. The van der Waals surface area contributed by atoms with Crippen molar-refractivity contribution in [1.29, 1.82) is 0 Å².